The number of ether oxygens (including phenoxy) is 4. The minimum Gasteiger partial charge on any atom is -0.493 e. The Morgan fingerprint density at radius 1 is 1.21 bits per heavy atom. The summed E-state index contributed by atoms with van der Waals surface area (Å²) in [5, 5.41) is 2.14. The van der Waals surface area contributed by atoms with E-state index in [1.54, 1.807) is 23.1 Å². The van der Waals surface area contributed by atoms with Gasteiger partial charge in [0.1, 0.15) is 21.4 Å². The van der Waals surface area contributed by atoms with E-state index in [9.17, 15) is 9.59 Å². The second kappa shape index (κ2) is 9.77. The summed E-state index contributed by atoms with van der Waals surface area (Å²) in [5.74, 6) is 0.459. The van der Waals surface area contributed by atoms with Crippen LogP contribution in [0.3, 0.4) is 0 Å². The molecule has 1 unspecified atom stereocenters. The summed E-state index contributed by atoms with van der Waals surface area (Å²) in [6.45, 7) is 3.00. The number of hydrogen-bond donors (Lipinski definition) is 0. The lowest BCUT2D eigenvalue weighted by molar-refractivity contribution is 0.0597. The Labute approximate surface area is 204 Å². The highest BCUT2D eigenvalue weighted by atomic mass is 35.5. The molecular weight excluding hydrogens is 489 g/mol. The van der Waals surface area contributed by atoms with Crippen LogP contribution in [0.15, 0.2) is 34.6 Å². The third-order valence-corrected chi connectivity index (χ3v) is 7.12. The molecule has 0 N–H and O–H groups in total. The number of nitrogens with zero attached hydrogens (tertiary/aromatic N) is 1. The zero-order valence-corrected chi connectivity index (χ0v) is 20.5. The fourth-order valence-corrected chi connectivity index (χ4v) is 4.89. The van der Waals surface area contributed by atoms with Crippen LogP contribution in [0, 0.1) is 6.92 Å². The van der Waals surface area contributed by atoms with Crippen LogP contribution in [0.25, 0.3) is 11.3 Å². The molecule has 0 saturated carbocycles. The molecule has 33 heavy (non-hydrogen) atoms. The number of aryl methyl sites for hydroxylation is 1. The normalized spacial score (nSPS) is 14.3. The van der Waals surface area contributed by atoms with Crippen LogP contribution in [0.1, 0.15) is 34.1 Å². The van der Waals surface area contributed by atoms with Crippen LogP contribution in [0.2, 0.25) is 9.36 Å². The van der Waals surface area contributed by atoms with E-state index in [0.29, 0.717) is 50.9 Å². The highest BCUT2D eigenvalue weighted by Gasteiger charge is 2.31. The molecule has 1 atom stereocenters. The van der Waals surface area contributed by atoms with Gasteiger partial charge in [-0.05, 0) is 18.6 Å². The molecule has 3 heterocycles. The molecule has 1 aliphatic rings. The van der Waals surface area contributed by atoms with Gasteiger partial charge in [0, 0.05) is 55.0 Å². The number of halogens is 2. The monoisotopic (exact) mass is 509 g/mol. The van der Waals surface area contributed by atoms with Crippen molar-refractivity contribution in [3.05, 3.63) is 66.0 Å². The summed E-state index contributed by atoms with van der Waals surface area (Å²) in [6.07, 6.45) is 1.43. The maximum absolute atomic E-state index is 12.7. The number of esters is 1. The number of aromatic nitrogens is 1. The maximum atomic E-state index is 12.7. The quantitative estimate of drug-likeness (QED) is 0.316. The Morgan fingerprint density at radius 2 is 2.00 bits per heavy atom. The SMILES string of the molecule is COCCCOc1cc2c(cc1C)-c1cc(=O)c(C(=O)OC)cn1C(c1csc(Cl)c1Cl)O2. The van der Waals surface area contributed by atoms with Crippen molar-refractivity contribution in [1.29, 1.82) is 0 Å². The summed E-state index contributed by atoms with van der Waals surface area (Å²) in [7, 11) is 2.87. The van der Waals surface area contributed by atoms with Gasteiger partial charge in [-0.2, -0.15) is 0 Å². The number of fused-ring (bicyclic) bond motifs is 3. The van der Waals surface area contributed by atoms with Crippen molar-refractivity contribution in [2.24, 2.45) is 0 Å². The molecule has 0 saturated heterocycles. The molecule has 0 bridgehead atoms. The fourth-order valence-electron chi connectivity index (χ4n) is 3.62. The van der Waals surface area contributed by atoms with Crippen molar-refractivity contribution in [3.8, 4) is 22.8 Å². The van der Waals surface area contributed by atoms with Gasteiger partial charge in [-0.15, -0.1) is 11.3 Å². The summed E-state index contributed by atoms with van der Waals surface area (Å²) in [4.78, 5) is 24.9. The predicted molar refractivity (Wildman–Crippen MR) is 127 cm³/mol. The number of thiophene rings is 1. The van der Waals surface area contributed by atoms with Gasteiger partial charge in [0.25, 0.3) is 0 Å². The Balaban J connectivity index is 1.86. The average Bonchev–Trinajstić information content (AvgIpc) is 3.14. The number of rotatable bonds is 7. The summed E-state index contributed by atoms with van der Waals surface area (Å²) >= 11 is 13.9. The summed E-state index contributed by atoms with van der Waals surface area (Å²) < 4.78 is 24.2. The Kier molecular flexibility index (Phi) is 6.99. The second-order valence-electron chi connectivity index (χ2n) is 7.39. The van der Waals surface area contributed by atoms with Gasteiger partial charge in [0.15, 0.2) is 5.43 Å². The van der Waals surface area contributed by atoms with Gasteiger partial charge < -0.3 is 23.5 Å². The Morgan fingerprint density at radius 3 is 2.67 bits per heavy atom. The standard InChI is InChI=1S/C23H21Cl2NO6S/c1-12-7-13-16-8-17(27)14(23(28)30-3)10-26(16)22(15-11-33-21(25)20(15)24)32-19(13)9-18(12)31-6-4-5-29-2/h7-11,22H,4-6H2,1-3H3. The molecule has 0 aliphatic carbocycles. The zero-order valence-electron chi connectivity index (χ0n) is 18.1. The lowest BCUT2D eigenvalue weighted by Crippen LogP contribution is -2.28. The number of carbonyl (C=O) groups is 1. The molecular formula is C23H21Cl2NO6S. The van der Waals surface area contributed by atoms with Crippen LogP contribution in [0.5, 0.6) is 11.5 Å². The Bertz CT molecular complexity index is 1270. The largest absolute Gasteiger partial charge is 0.493 e. The van der Waals surface area contributed by atoms with Crippen molar-refractivity contribution in [3.63, 3.8) is 0 Å². The first-order valence-corrected chi connectivity index (χ1v) is 11.7. The first-order valence-electron chi connectivity index (χ1n) is 10.1. The first-order chi connectivity index (χ1) is 15.8. The van der Waals surface area contributed by atoms with Gasteiger partial charge >= 0.3 is 5.97 Å². The average molecular weight is 510 g/mol. The third-order valence-electron chi connectivity index (χ3n) is 5.26. The minimum atomic E-state index is -0.753. The van der Waals surface area contributed by atoms with Crippen molar-refractivity contribution in [1.82, 2.24) is 4.57 Å². The molecule has 1 aliphatic heterocycles. The predicted octanol–water partition coefficient (Wildman–Crippen LogP) is 5.33. The van der Waals surface area contributed by atoms with E-state index in [2.05, 4.69) is 0 Å². The van der Waals surface area contributed by atoms with Gasteiger partial charge in [-0.3, -0.25) is 4.79 Å². The molecule has 0 fully saturated rings. The lowest BCUT2D eigenvalue weighted by Gasteiger charge is -2.32. The van der Waals surface area contributed by atoms with E-state index >= 15 is 0 Å². The van der Waals surface area contributed by atoms with Gasteiger partial charge in [0.2, 0.25) is 6.23 Å². The van der Waals surface area contributed by atoms with E-state index in [4.69, 9.17) is 42.1 Å². The fraction of sp³-hybridized carbons (Fsp3) is 0.304. The maximum Gasteiger partial charge on any atom is 0.343 e. The molecule has 7 nitrogen and oxygen atoms in total. The van der Waals surface area contributed by atoms with Crippen molar-refractivity contribution in [2.45, 2.75) is 19.6 Å². The van der Waals surface area contributed by atoms with Gasteiger partial charge in [-0.1, -0.05) is 23.2 Å². The van der Waals surface area contributed by atoms with Crippen LogP contribution < -0.4 is 14.9 Å². The number of pyridine rings is 1. The number of methoxy groups -OCH3 is 2. The smallest absolute Gasteiger partial charge is 0.343 e. The second-order valence-corrected chi connectivity index (χ2v) is 9.25. The van der Waals surface area contributed by atoms with Crippen molar-refractivity contribution >= 4 is 40.5 Å². The molecule has 3 aromatic rings. The molecule has 174 valence electrons. The molecule has 0 spiro atoms. The zero-order chi connectivity index (χ0) is 23.7. The third kappa shape index (κ3) is 4.48. The van der Waals surface area contributed by atoms with E-state index < -0.39 is 17.6 Å². The topological polar surface area (TPSA) is 76.0 Å². The van der Waals surface area contributed by atoms with E-state index in [0.717, 1.165) is 12.0 Å². The molecule has 0 amide bonds. The van der Waals surface area contributed by atoms with Crippen molar-refractivity contribution in [2.75, 3.05) is 27.4 Å². The van der Waals surface area contributed by atoms with Gasteiger partial charge in [0.05, 0.1) is 24.4 Å². The Hall–Kier alpha value is -2.52. The van der Waals surface area contributed by atoms with Crippen LogP contribution in [-0.4, -0.2) is 38.0 Å². The lowest BCUT2D eigenvalue weighted by atomic mass is 10.0. The number of carbonyl (C=O) groups excluding carboxylic acids is 1. The highest BCUT2D eigenvalue weighted by Crippen LogP contribution is 2.46. The summed E-state index contributed by atoms with van der Waals surface area (Å²) in [6, 6.07) is 5.10. The summed E-state index contributed by atoms with van der Waals surface area (Å²) in [5.41, 5.74) is 2.20. The van der Waals surface area contributed by atoms with E-state index in [-0.39, 0.29) is 5.56 Å². The number of hydrogen-bond acceptors (Lipinski definition) is 7. The molecule has 10 heteroatoms. The molecule has 0 radical (unpaired) electrons. The van der Waals surface area contributed by atoms with Crippen molar-refractivity contribution < 1.29 is 23.7 Å². The molecule has 2 aromatic heterocycles. The first kappa shape index (κ1) is 23.6. The van der Waals surface area contributed by atoms with E-state index in [1.807, 2.05) is 13.0 Å². The van der Waals surface area contributed by atoms with Crippen LogP contribution in [0.4, 0.5) is 0 Å². The van der Waals surface area contributed by atoms with Crippen LogP contribution >= 0.6 is 34.5 Å². The number of benzene rings is 1. The highest BCUT2D eigenvalue weighted by molar-refractivity contribution is 7.15. The molecule has 1 aromatic carbocycles. The minimum absolute atomic E-state index is 0.106. The van der Waals surface area contributed by atoms with Crippen LogP contribution in [-0.2, 0) is 9.47 Å². The van der Waals surface area contributed by atoms with Gasteiger partial charge in [-0.25, -0.2) is 4.79 Å². The van der Waals surface area contributed by atoms with E-state index in [1.165, 1.54) is 30.7 Å². The molecule has 4 rings (SSSR count).